The van der Waals surface area contributed by atoms with Crippen LogP contribution in [0.25, 0.3) is 11.0 Å². The molecule has 0 saturated carbocycles. The Morgan fingerprint density at radius 2 is 2.29 bits per heavy atom. The van der Waals surface area contributed by atoms with Gasteiger partial charge in [-0.15, -0.1) is 5.10 Å². The lowest BCUT2D eigenvalue weighted by Crippen LogP contribution is -1.96. The van der Waals surface area contributed by atoms with Gasteiger partial charge in [-0.25, -0.2) is 4.68 Å². The highest BCUT2D eigenvalue weighted by atomic mass is 79.9. The van der Waals surface area contributed by atoms with Crippen LogP contribution in [0.3, 0.4) is 0 Å². The van der Waals surface area contributed by atoms with Gasteiger partial charge in [0, 0.05) is 11.0 Å². The summed E-state index contributed by atoms with van der Waals surface area (Å²) in [4.78, 5) is 0. The molecule has 74 valence electrons. The summed E-state index contributed by atoms with van der Waals surface area (Å²) in [6, 6.07) is 3.82. The maximum Gasteiger partial charge on any atom is 0.156 e. The molecule has 0 fully saturated rings. The second-order valence-electron chi connectivity index (χ2n) is 2.85. The lowest BCUT2D eigenvalue weighted by molar-refractivity contribution is 0.418. The molecule has 1 aromatic carbocycles. The van der Waals surface area contributed by atoms with Crippen LogP contribution < -0.4 is 4.74 Å². The number of halogens is 1. The summed E-state index contributed by atoms with van der Waals surface area (Å²) in [7, 11) is 1.63. The predicted octanol–water partition coefficient (Wildman–Crippen LogP) is 2.22. The van der Waals surface area contributed by atoms with Gasteiger partial charge >= 0.3 is 0 Å². The zero-order valence-corrected chi connectivity index (χ0v) is 9.58. The maximum atomic E-state index is 5.20. The molecule has 0 amide bonds. The number of fused-ring (bicyclic) bond motifs is 1. The summed E-state index contributed by atoms with van der Waals surface area (Å²) in [6.07, 6.45) is 0. The van der Waals surface area contributed by atoms with E-state index in [0.717, 1.165) is 27.8 Å². The molecule has 0 aliphatic rings. The minimum absolute atomic E-state index is 0.753. The molecule has 0 N–H and O–H groups in total. The van der Waals surface area contributed by atoms with E-state index in [-0.39, 0.29) is 0 Å². The summed E-state index contributed by atoms with van der Waals surface area (Å²) in [6.45, 7) is 2.82. The lowest BCUT2D eigenvalue weighted by atomic mass is 10.3. The number of hydrogen-bond acceptors (Lipinski definition) is 3. The smallest absolute Gasteiger partial charge is 0.156 e. The van der Waals surface area contributed by atoms with Crippen LogP contribution in [-0.2, 0) is 6.54 Å². The van der Waals surface area contributed by atoms with E-state index in [1.807, 2.05) is 23.7 Å². The van der Waals surface area contributed by atoms with E-state index in [4.69, 9.17) is 4.74 Å². The number of rotatable bonds is 2. The number of ether oxygens (including phenoxy) is 1. The van der Waals surface area contributed by atoms with E-state index < -0.39 is 0 Å². The van der Waals surface area contributed by atoms with Gasteiger partial charge in [0.15, 0.2) is 5.52 Å². The molecule has 4 nitrogen and oxygen atoms in total. The second kappa shape index (κ2) is 3.57. The molecule has 1 heterocycles. The average Bonchev–Trinajstić information content (AvgIpc) is 2.63. The van der Waals surface area contributed by atoms with E-state index in [1.165, 1.54) is 0 Å². The molecule has 1 aromatic heterocycles. The minimum Gasteiger partial charge on any atom is -0.494 e. The standard InChI is InChI=1S/C9H10BrN3O/c1-3-13-9-6(10)4-5-7(14-2)8(9)11-12-13/h4-5H,3H2,1-2H3. The molecule has 0 atom stereocenters. The minimum atomic E-state index is 0.753. The molecule has 0 saturated heterocycles. The highest BCUT2D eigenvalue weighted by Crippen LogP contribution is 2.29. The van der Waals surface area contributed by atoms with Gasteiger partial charge < -0.3 is 4.74 Å². The topological polar surface area (TPSA) is 39.9 Å². The van der Waals surface area contributed by atoms with Crippen LogP contribution in [0.15, 0.2) is 16.6 Å². The fourth-order valence-corrected chi connectivity index (χ4v) is 1.93. The van der Waals surface area contributed by atoms with Crippen molar-refractivity contribution in [1.29, 1.82) is 0 Å². The lowest BCUT2D eigenvalue weighted by Gasteiger charge is -2.02. The first-order valence-corrected chi connectivity index (χ1v) is 5.13. The third-order valence-corrected chi connectivity index (χ3v) is 2.74. The zero-order valence-electron chi connectivity index (χ0n) is 7.99. The van der Waals surface area contributed by atoms with Crippen molar-refractivity contribution < 1.29 is 4.74 Å². The first-order valence-electron chi connectivity index (χ1n) is 4.33. The average molecular weight is 256 g/mol. The predicted molar refractivity (Wildman–Crippen MR) is 57.5 cm³/mol. The van der Waals surface area contributed by atoms with Crippen LogP contribution >= 0.6 is 15.9 Å². The largest absolute Gasteiger partial charge is 0.494 e. The van der Waals surface area contributed by atoms with Crippen molar-refractivity contribution in [2.24, 2.45) is 0 Å². The van der Waals surface area contributed by atoms with Gasteiger partial charge in [0.05, 0.1) is 7.11 Å². The van der Waals surface area contributed by atoms with E-state index in [1.54, 1.807) is 7.11 Å². The second-order valence-corrected chi connectivity index (χ2v) is 3.71. The molecule has 0 unspecified atom stereocenters. The van der Waals surface area contributed by atoms with Crippen molar-refractivity contribution in [2.75, 3.05) is 7.11 Å². The molecule has 0 aliphatic carbocycles. The van der Waals surface area contributed by atoms with Gasteiger partial charge in [-0.05, 0) is 35.0 Å². The van der Waals surface area contributed by atoms with Crippen molar-refractivity contribution in [3.63, 3.8) is 0 Å². The Labute approximate surface area is 90.0 Å². The van der Waals surface area contributed by atoms with Crippen LogP contribution in [0.4, 0.5) is 0 Å². The number of aromatic nitrogens is 3. The van der Waals surface area contributed by atoms with E-state index in [9.17, 15) is 0 Å². The van der Waals surface area contributed by atoms with Gasteiger partial charge in [0.2, 0.25) is 0 Å². The normalized spacial score (nSPS) is 10.8. The molecule has 14 heavy (non-hydrogen) atoms. The van der Waals surface area contributed by atoms with Crippen LogP contribution in [0, 0.1) is 0 Å². The zero-order chi connectivity index (χ0) is 10.1. The number of hydrogen-bond donors (Lipinski definition) is 0. The van der Waals surface area contributed by atoms with Crippen LogP contribution in [0.2, 0.25) is 0 Å². The highest BCUT2D eigenvalue weighted by molar-refractivity contribution is 9.10. The fourth-order valence-electron chi connectivity index (χ4n) is 1.41. The van der Waals surface area contributed by atoms with Crippen molar-refractivity contribution in [3.8, 4) is 5.75 Å². The van der Waals surface area contributed by atoms with E-state index >= 15 is 0 Å². The summed E-state index contributed by atoms with van der Waals surface area (Å²) in [5.74, 6) is 0.753. The van der Waals surface area contributed by atoms with Crippen LogP contribution in [0.5, 0.6) is 5.75 Å². The van der Waals surface area contributed by atoms with Gasteiger partial charge in [0.25, 0.3) is 0 Å². The number of nitrogens with zero attached hydrogens (tertiary/aromatic N) is 3. The fraction of sp³-hybridized carbons (Fsp3) is 0.333. The Hall–Kier alpha value is -1.10. The molecule has 5 heteroatoms. The Morgan fingerprint density at radius 3 is 2.93 bits per heavy atom. The molecule has 2 rings (SSSR count). The van der Waals surface area contributed by atoms with Crippen molar-refractivity contribution in [3.05, 3.63) is 16.6 Å². The van der Waals surface area contributed by atoms with Crippen molar-refractivity contribution in [2.45, 2.75) is 13.5 Å². The van der Waals surface area contributed by atoms with E-state index in [0.29, 0.717) is 0 Å². The van der Waals surface area contributed by atoms with Crippen LogP contribution in [0.1, 0.15) is 6.92 Å². The third kappa shape index (κ3) is 1.28. The van der Waals surface area contributed by atoms with Crippen LogP contribution in [-0.4, -0.2) is 22.1 Å². The molecule has 0 aliphatic heterocycles. The Bertz CT molecular complexity index is 466. The quantitative estimate of drug-likeness (QED) is 0.827. The molecule has 0 spiro atoms. The van der Waals surface area contributed by atoms with Gasteiger partial charge in [-0.2, -0.15) is 0 Å². The molecule has 2 aromatic rings. The van der Waals surface area contributed by atoms with Crippen molar-refractivity contribution >= 4 is 27.0 Å². The molecule has 0 bridgehead atoms. The summed E-state index contributed by atoms with van der Waals surface area (Å²) < 4.78 is 8.03. The molecule has 0 radical (unpaired) electrons. The Kier molecular flexibility index (Phi) is 2.41. The van der Waals surface area contributed by atoms with E-state index in [2.05, 4.69) is 26.2 Å². The van der Waals surface area contributed by atoms with Gasteiger partial charge in [0.1, 0.15) is 11.3 Å². The monoisotopic (exact) mass is 255 g/mol. The van der Waals surface area contributed by atoms with Gasteiger partial charge in [-0.3, -0.25) is 0 Å². The SMILES string of the molecule is CCn1nnc2c(OC)ccc(Br)c21. The summed E-state index contributed by atoms with van der Waals surface area (Å²) in [5, 5.41) is 8.12. The number of aryl methyl sites for hydroxylation is 1. The number of methoxy groups -OCH3 is 1. The Balaban J connectivity index is 2.80. The molecular weight excluding hydrogens is 246 g/mol. The Morgan fingerprint density at radius 1 is 1.50 bits per heavy atom. The summed E-state index contributed by atoms with van der Waals surface area (Å²) >= 11 is 3.47. The molecular formula is C9H10BrN3O. The van der Waals surface area contributed by atoms with Crippen molar-refractivity contribution in [1.82, 2.24) is 15.0 Å². The first kappa shape index (κ1) is 9.45. The van der Waals surface area contributed by atoms with Gasteiger partial charge in [-0.1, -0.05) is 5.21 Å². The maximum absolute atomic E-state index is 5.20. The highest BCUT2D eigenvalue weighted by Gasteiger charge is 2.11. The number of benzene rings is 1. The summed E-state index contributed by atoms with van der Waals surface area (Å²) in [5.41, 5.74) is 1.77. The first-order chi connectivity index (χ1) is 6.77. The third-order valence-electron chi connectivity index (χ3n) is 2.10.